The van der Waals surface area contributed by atoms with Gasteiger partial charge in [0.2, 0.25) is 0 Å². The summed E-state index contributed by atoms with van der Waals surface area (Å²) in [5.41, 5.74) is 7.65. The maximum atomic E-state index is 11.8. The molecule has 2 aliphatic rings. The maximum absolute atomic E-state index is 11.8. The van der Waals surface area contributed by atoms with Crippen molar-refractivity contribution in [2.45, 2.75) is 104 Å². The first-order valence-electron chi connectivity index (χ1n) is 13.2. The molecule has 33 heavy (non-hydrogen) atoms. The number of ketones is 1. The molecule has 0 N–H and O–H groups in total. The predicted molar refractivity (Wildman–Crippen MR) is 142 cm³/mol. The topological polar surface area (TPSA) is 17.1 Å². The van der Waals surface area contributed by atoms with Crippen LogP contribution in [0.2, 0.25) is 0 Å². The average Bonchev–Trinajstić information content (AvgIpc) is 3.34. The molecule has 2 aromatic rings. The summed E-state index contributed by atoms with van der Waals surface area (Å²) in [6.45, 7) is 12.3. The third kappa shape index (κ3) is 7.16. The summed E-state index contributed by atoms with van der Waals surface area (Å²) in [6, 6.07) is 15.1. The molecule has 0 unspecified atom stereocenters. The Kier molecular flexibility index (Phi) is 9.53. The van der Waals surface area contributed by atoms with Gasteiger partial charge in [-0.05, 0) is 98.9 Å². The second-order valence-corrected chi connectivity index (χ2v) is 10.6. The summed E-state index contributed by atoms with van der Waals surface area (Å²) in [5.74, 6) is 2.53. The van der Waals surface area contributed by atoms with Crippen LogP contribution in [0.5, 0.6) is 0 Å². The molecule has 4 rings (SSSR count). The largest absolute Gasteiger partial charge is 0.295 e. The lowest BCUT2D eigenvalue weighted by atomic mass is 9.74. The Hall–Kier alpha value is -2.15. The lowest BCUT2D eigenvalue weighted by Gasteiger charge is -2.31. The van der Waals surface area contributed by atoms with Gasteiger partial charge >= 0.3 is 0 Å². The zero-order chi connectivity index (χ0) is 23.8. The molecule has 178 valence electrons. The van der Waals surface area contributed by atoms with Crippen LogP contribution in [0.1, 0.15) is 123 Å². The fourth-order valence-electron chi connectivity index (χ4n) is 5.88. The highest BCUT2D eigenvalue weighted by Crippen LogP contribution is 2.42. The second-order valence-electron chi connectivity index (χ2n) is 10.6. The smallest absolute Gasteiger partial charge is 0.159 e. The molecular weight excluding hydrogens is 400 g/mol. The van der Waals surface area contributed by atoms with E-state index in [2.05, 4.69) is 63.7 Å². The van der Waals surface area contributed by atoms with Gasteiger partial charge in [-0.25, -0.2) is 0 Å². The monoisotopic (exact) mass is 444 g/mol. The van der Waals surface area contributed by atoms with E-state index in [1.807, 2.05) is 6.07 Å². The minimum atomic E-state index is 0.141. The fraction of sp³-hybridized carbons (Fsp3) is 0.531. The van der Waals surface area contributed by atoms with Crippen molar-refractivity contribution in [2.75, 3.05) is 0 Å². The van der Waals surface area contributed by atoms with E-state index in [4.69, 9.17) is 0 Å². The zero-order valence-electron chi connectivity index (χ0n) is 21.5. The first kappa shape index (κ1) is 25.5. The molecule has 1 heteroatoms. The molecule has 1 nitrogen and oxygen atoms in total. The van der Waals surface area contributed by atoms with Crippen LogP contribution in [0.3, 0.4) is 0 Å². The maximum Gasteiger partial charge on any atom is 0.159 e. The van der Waals surface area contributed by atoms with Gasteiger partial charge in [-0.15, -0.1) is 0 Å². The van der Waals surface area contributed by atoms with Crippen LogP contribution in [-0.2, 0) is 6.42 Å². The van der Waals surface area contributed by atoms with Crippen LogP contribution >= 0.6 is 0 Å². The molecule has 2 saturated carbocycles. The van der Waals surface area contributed by atoms with Gasteiger partial charge in [0, 0.05) is 5.56 Å². The summed E-state index contributed by atoms with van der Waals surface area (Å²) >= 11 is 0. The number of Topliss-reactive ketones (excluding diaryl/α,β-unsaturated/α-hetero) is 1. The lowest BCUT2D eigenvalue weighted by Crippen LogP contribution is -2.14. The molecule has 2 aromatic carbocycles. The van der Waals surface area contributed by atoms with Crippen LogP contribution in [0, 0.1) is 12.8 Å². The number of carbonyl (C=O) groups excluding carboxylic acids is 1. The molecule has 0 heterocycles. The molecule has 2 fully saturated rings. The molecule has 0 bridgehead atoms. The van der Waals surface area contributed by atoms with E-state index in [1.165, 1.54) is 80.0 Å². The van der Waals surface area contributed by atoms with Crippen molar-refractivity contribution in [1.82, 2.24) is 0 Å². The van der Waals surface area contributed by atoms with E-state index in [0.717, 1.165) is 23.5 Å². The van der Waals surface area contributed by atoms with Gasteiger partial charge in [-0.3, -0.25) is 4.79 Å². The van der Waals surface area contributed by atoms with Crippen LogP contribution in [0.4, 0.5) is 0 Å². The van der Waals surface area contributed by atoms with E-state index in [-0.39, 0.29) is 5.78 Å². The summed E-state index contributed by atoms with van der Waals surface area (Å²) in [7, 11) is 0. The SMILES string of the molecule is C=C(C)Cc1cc(C(C)=O)ccc1C1CCC(c2ccccc2C)CC1.CCC1CCCC1. The van der Waals surface area contributed by atoms with Gasteiger partial charge in [-0.1, -0.05) is 87.6 Å². The quantitative estimate of drug-likeness (QED) is 0.320. The molecule has 0 radical (unpaired) electrons. The predicted octanol–water partition coefficient (Wildman–Crippen LogP) is 9.34. The Balaban J connectivity index is 0.000000374. The van der Waals surface area contributed by atoms with Crippen molar-refractivity contribution in [1.29, 1.82) is 0 Å². The van der Waals surface area contributed by atoms with E-state index < -0.39 is 0 Å². The molecule has 0 saturated heterocycles. The highest BCUT2D eigenvalue weighted by molar-refractivity contribution is 5.94. The third-order valence-electron chi connectivity index (χ3n) is 7.89. The van der Waals surface area contributed by atoms with Gasteiger partial charge in [0.25, 0.3) is 0 Å². The van der Waals surface area contributed by atoms with Gasteiger partial charge < -0.3 is 0 Å². The minimum Gasteiger partial charge on any atom is -0.295 e. The van der Waals surface area contributed by atoms with Crippen molar-refractivity contribution < 1.29 is 4.79 Å². The van der Waals surface area contributed by atoms with Crippen molar-refractivity contribution in [2.24, 2.45) is 5.92 Å². The van der Waals surface area contributed by atoms with Crippen molar-refractivity contribution in [3.05, 3.63) is 82.4 Å². The van der Waals surface area contributed by atoms with Gasteiger partial charge in [-0.2, -0.15) is 0 Å². The molecule has 0 atom stereocenters. The number of allylic oxidation sites excluding steroid dienone is 1. The number of hydrogen-bond donors (Lipinski definition) is 0. The number of carbonyl (C=O) groups is 1. The lowest BCUT2D eigenvalue weighted by molar-refractivity contribution is 0.101. The third-order valence-corrected chi connectivity index (χ3v) is 7.89. The van der Waals surface area contributed by atoms with E-state index in [1.54, 1.807) is 6.92 Å². The fourth-order valence-corrected chi connectivity index (χ4v) is 5.88. The molecule has 0 aliphatic heterocycles. The van der Waals surface area contributed by atoms with E-state index in [9.17, 15) is 4.79 Å². The molecule has 0 spiro atoms. The molecule has 0 amide bonds. The molecule has 0 aromatic heterocycles. The summed E-state index contributed by atoms with van der Waals surface area (Å²) in [6.07, 6.45) is 13.2. The first-order valence-corrected chi connectivity index (χ1v) is 13.2. The summed E-state index contributed by atoms with van der Waals surface area (Å²) in [5, 5.41) is 0. The van der Waals surface area contributed by atoms with Crippen molar-refractivity contribution >= 4 is 5.78 Å². The summed E-state index contributed by atoms with van der Waals surface area (Å²) in [4.78, 5) is 11.8. The number of benzene rings is 2. The van der Waals surface area contributed by atoms with Gasteiger partial charge in [0.15, 0.2) is 5.78 Å². The standard InChI is InChI=1S/C25H30O.C7H14/c1-17(2)15-23-16-22(19(4)26)13-14-25(23)21-11-9-20(10-12-21)24-8-6-5-7-18(24)3;1-2-7-5-3-4-6-7/h5-8,13-14,16,20-21H,1,9-12,15H2,2-4H3;7H,2-6H2,1H3. The van der Waals surface area contributed by atoms with Gasteiger partial charge in [0.05, 0.1) is 0 Å². The van der Waals surface area contributed by atoms with Crippen LogP contribution in [-0.4, -0.2) is 5.78 Å². The number of hydrogen-bond acceptors (Lipinski definition) is 1. The van der Waals surface area contributed by atoms with E-state index in [0.29, 0.717) is 11.8 Å². The zero-order valence-corrected chi connectivity index (χ0v) is 21.5. The summed E-state index contributed by atoms with van der Waals surface area (Å²) < 4.78 is 0. The second kappa shape index (κ2) is 12.4. The number of rotatable bonds is 6. The van der Waals surface area contributed by atoms with Crippen molar-refractivity contribution in [3.63, 3.8) is 0 Å². The van der Waals surface area contributed by atoms with Gasteiger partial charge in [0.1, 0.15) is 0 Å². The normalized spacial score (nSPS) is 20.7. The number of aryl methyl sites for hydroxylation is 1. The van der Waals surface area contributed by atoms with Crippen molar-refractivity contribution in [3.8, 4) is 0 Å². The first-order chi connectivity index (χ1) is 15.9. The average molecular weight is 445 g/mol. The Morgan fingerprint density at radius 3 is 2.00 bits per heavy atom. The highest BCUT2D eigenvalue weighted by Gasteiger charge is 2.26. The van der Waals surface area contributed by atoms with Crippen LogP contribution < -0.4 is 0 Å². The highest BCUT2D eigenvalue weighted by atomic mass is 16.1. The van der Waals surface area contributed by atoms with Crippen LogP contribution in [0.25, 0.3) is 0 Å². The van der Waals surface area contributed by atoms with E-state index >= 15 is 0 Å². The van der Waals surface area contributed by atoms with Crippen LogP contribution in [0.15, 0.2) is 54.6 Å². The molecule has 2 aliphatic carbocycles. The minimum absolute atomic E-state index is 0.141. The Bertz CT molecular complexity index is 923. The Morgan fingerprint density at radius 2 is 1.48 bits per heavy atom. The molecular formula is C32H44O. The Morgan fingerprint density at radius 1 is 0.879 bits per heavy atom. The Labute approximate surface area is 202 Å².